The van der Waals surface area contributed by atoms with Crippen LogP contribution in [-0.4, -0.2) is 27.1 Å². The van der Waals surface area contributed by atoms with Crippen molar-refractivity contribution in [3.8, 4) is 0 Å². The maximum absolute atomic E-state index is 9.60. The zero-order valence-electron chi connectivity index (χ0n) is 6.76. The third kappa shape index (κ3) is 2.67. The van der Waals surface area contributed by atoms with E-state index in [9.17, 15) is 10.2 Å². The molecular formula is C8H10BrNO2S. The van der Waals surface area contributed by atoms with Gasteiger partial charge in [0.15, 0.2) is 0 Å². The Balaban J connectivity index is 2.88. The summed E-state index contributed by atoms with van der Waals surface area (Å²) in [5.74, 6) is 0.211. The molecule has 0 aliphatic heterocycles. The highest BCUT2D eigenvalue weighted by Gasteiger charge is 2.19. The van der Waals surface area contributed by atoms with Crippen LogP contribution in [0.5, 0.6) is 0 Å². The fraction of sp³-hybridized carbons (Fsp3) is 0.375. The molecule has 0 radical (unpaired) electrons. The lowest BCUT2D eigenvalue weighted by Crippen LogP contribution is -2.20. The molecule has 1 rings (SSSR count). The van der Waals surface area contributed by atoms with Gasteiger partial charge in [-0.1, -0.05) is 6.07 Å². The number of hydrogen-bond donors (Lipinski definition) is 3. The van der Waals surface area contributed by atoms with E-state index in [1.54, 1.807) is 18.3 Å². The first-order valence-electron chi connectivity index (χ1n) is 3.74. The zero-order valence-corrected chi connectivity index (χ0v) is 9.24. The molecule has 0 aromatic carbocycles. The molecule has 0 saturated heterocycles. The highest BCUT2D eigenvalue weighted by molar-refractivity contribution is 9.10. The Labute approximate surface area is 90.4 Å². The van der Waals surface area contributed by atoms with Gasteiger partial charge in [-0.05, 0) is 22.0 Å². The Morgan fingerprint density at radius 3 is 2.77 bits per heavy atom. The smallest absolute Gasteiger partial charge is 0.111 e. The molecule has 1 aromatic heterocycles. The summed E-state index contributed by atoms with van der Waals surface area (Å²) in [5.41, 5.74) is 0.573. The number of thiol groups is 1. The van der Waals surface area contributed by atoms with Crippen LogP contribution in [0.15, 0.2) is 22.9 Å². The third-order valence-electron chi connectivity index (χ3n) is 1.66. The van der Waals surface area contributed by atoms with E-state index < -0.39 is 12.2 Å². The normalized spacial score (nSPS) is 15.4. The SMILES string of the molecule is OC(CS)C(O)c1cccnc1Br. The van der Waals surface area contributed by atoms with Crippen LogP contribution in [0.2, 0.25) is 0 Å². The molecule has 2 unspecified atom stereocenters. The van der Waals surface area contributed by atoms with Crippen molar-refractivity contribution in [2.45, 2.75) is 12.2 Å². The van der Waals surface area contributed by atoms with Gasteiger partial charge in [-0.25, -0.2) is 4.98 Å². The number of aliphatic hydroxyl groups excluding tert-OH is 2. The van der Waals surface area contributed by atoms with Crippen molar-refractivity contribution < 1.29 is 10.2 Å². The van der Waals surface area contributed by atoms with Crippen LogP contribution >= 0.6 is 28.6 Å². The van der Waals surface area contributed by atoms with Crippen molar-refractivity contribution in [1.82, 2.24) is 4.98 Å². The molecule has 2 N–H and O–H groups in total. The van der Waals surface area contributed by atoms with Crippen LogP contribution in [0, 0.1) is 0 Å². The minimum atomic E-state index is -0.944. The van der Waals surface area contributed by atoms with E-state index in [4.69, 9.17) is 0 Å². The van der Waals surface area contributed by atoms with Gasteiger partial charge >= 0.3 is 0 Å². The third-order valence-corrected chi connectivity index (χ3v) is 2.69. The summed E-state index contributed by atoms with van der Waals surface area (Å²) in [6.07, 6.45) is -0.211. The van der Waals surface area contributed by atoms with Crippen LogP contribution in [0.3, 0.4) is 0 Å². The monoisotopic (exact) mass is 263 g/mol. The van der Waals surface area contributed by atoms with E-state index in [0.29, 0.717) is 10.2 Å². The van der Waals surface area contributed by atoms with Gasteiger partial charge in [-0.2, -0.15) is 12.6 Å². The standard InChI is InChI=1S/C8H10BrNO2S/c9-8-5(2-1-3-10-8)7(12)6(11)4-13/h1-3,6-7,11-13H,4H2. The predicted molar refractivity (Wildman–Crippen MR) is 56.8 cm³/mol. The molecule has 0 bridgehead atoms. The predicted octanol–water partition coefficient (Wildman–Crippen LogP) is 1.17. The minimum Gasteiger partial charge on any atom is -0.389 e. The number of aromatic nitrogens is 1. The van der Waals surface area contributed by atoms with Crippen LogP contribution < -0.4 is 0 Å². The lowest BCUT2D eigenvalue weighted by molar-refractivity contribution is 0.0330. The summed E-state index contributed by atoms with van der Waals surface area (Å²) in [7, 11) is 0. The number of rotatable bonds is 3. The van der Waals surface area contributed by atoms with Crippen molar-refractivity contribution in [3.63, 3.8) is 0 Å². The fourth-order valence-electron chi connectivity index (χ4n) is 0.926. The lowest BCUT2D eigenvalue weighted by Gasteiger charge is -2.16. The molecule has 1 aromatic rings. The van der Waals surface area contributed by atoms with E-state index in [1.165, 1.54) is 0 Å². The largest absolute Gasteiger partial charge is 0.389 e. The summed E-state index contributed by atoms with van der Waals surface area (Å²) in [4.78, 5) is 3.94. The van der Waals surface area contributed by atoms with Gasteiger partial charge in [0.05, 0.1) is 6.10 Å². The van der Waals surface area contributed by atoms with Gasteiger partial charge in [0.1, 0.15) is 10.7 Å². The number of hydrogen-bond acceptors (Lipinski definition) is 4. The van der Waals surface area contributed by atoms with Crippen molar-refractivity contribution in [2.75, 3.05) is 5.75 Å². The highest BCUT2D eigenvalue weighted by atomic mass is 79.9. The van der Waals surface area contributed by atoms with Crippen LogP contribution in [0.25, 0.3) is 0 Å². The molecule has 2 atom stereocenters. The van der Waals surface area contributed by atoms with Crippen molar-refractivity contribution >= 4 is 28.6 Å². The van der Waals surface area contributed by atoms with E-state index in [1.807, 2.05) is 0 Å². The summed E-state index contributed by atoms with van der Waals surface area (Å²) in [6, 6.07) is 3.41. The highest BCUT2D eigenvalue weighted by Crippen LogP contribution is 2.23. The first-order valence-corrected chi connectivity index (χ1v) is 5.16. The number of halogens is 1. The second kappa shape index (κ2) is 4.95. The summed E-state index contributed by atoms with van der Waals surface area (Å²) >= 11 is 7.08. The van der Waals surface area contributed by atoms with Crippen LogP contribution in [-0.2, 0) is 0 Å². The molecular weight excluding hydrogens is 254 g/mol. The topological polar surface area (TPSA) is 53.4 Å². The Morgan fingerprint density at radius 2 is 2.23 bits per heavy atom. The Hall–Kier alpha value is -0.100. The molecule has 72 valence electrons. The van der Waals surface area contributed by atoms with Crippen molar-refractivity contribution in [3.05, 3.63) is 28.5 Å². The summed E-state index contributed by atoms with van der Waals surface area (Å²) in [6.45, 7) is 0. The van der Waals surface area contributed by atoms with Crippen molar-refractivity contribution in [2.24, 2.45) is 0 Å². The van der Waals surface area contributed by atoms with E-state index in [0.717, 1.165) is 0 Å². The van der Waals surface area contributed by atoms with E-state index in [-0.39, 0.29) is 5.75 Å². The molecule has 0 aliphatic rings. The zero-order chi connectivity index (χ0) is 9.84. The van der Waals surface area contributed by atoms with Gasteiger partial charge in [-0.15, -0.1) is 0 Å². The van der Waals surface area contributed by atoms with Gasteiger partial charge in [0.2, 0.25) is 0 Å². The molecule has 3 nitrogen and oxygen atoms in total. The number of pyridine rings is 1. The second-order valence-corrected chi connectivity index (χ2v) is 3.69. The van der Waals surface area contributed by atoms with E-state index in [2.05, 4.69) is 33.5 Å². The van der Waals surface area contributed by atoms with Gasteiger partial charge < -0.3 is 10.2 Å². The first-order chi connectivity index (χ1) is 6.16. The lowest BCUT2D eigenvalue weighted by atomic mass is 10.1. The molecule has 1 heterocycles. The van der Waals surface area contributed by atoms with Crippen LogP contribution in [0.4, 0.5) is 0 Å². The molecule has 0 amide bonds. The fourth-order valence-corrected chi connectivity index (χ4v) is 1.61. The summed E-state index contributed by atoms with van der Waals surface area (Å²) in [5, 5.41) is 18.9. The minimum absolute atomic E-state index is 0.211. The Morgan fingerprint density at radius 1 is 1.54 bits per heavy atom. The Kier molecular flexibility index (Phi) is 4.18. The Bertz CT molecular complexity index is 285. The number of aliphatic hydroxyl groups is 2. The average molecular weight is 264 g/mol. The molecule has 0 aliphatic carbocycles. The maximum Gasteiger partial charge on any atom is 0.111 e. The van der Waals surface area contributed by atoms with E-state index >= 15 is 0 Å². The maximum atomic E-state index is 9.60. The molecule has 0 saturated carbocycles. The first kappa shape index (κ1) is 11.0. The van der Waals surface area contributed by atoms with Gasteiger partial charge in [-0.3, -0.25) is 0 Å². The molecule has 0 spiro atoms. The molecule has 5 heteroatoms. The van der Waals surface area contributed by atoms with Gasteiger partial charge in [0, 0.05) is 17.5 Å². The summed E-state index contributed by atoms with van der Waals surface area (Å²) < 4.78 is 0.545. The van der Waals surface area contributed by atoms with Crippen LogP contribution in [0.1, 0.15) is 11.7 Å². The second-order valence-electron chi connectivity index (χ2n) is 2.58. The quantitative estimate of drug-likeness (QED) is 0.567. The van der Waals surface area contributed by atoms with Gasteiger partial charge in [0.25, 0.3) is 0 Å². The van der Waals surface area contributed by atoms with Crippen molar-refractivity contribution in [1.29, 1.82) is 0 Å². The molecule has 0 fully saturated rings. The molecule has 13 heavy (non-hydrogen) atoms. The average Bonchev–Trinajstić information content (AvgIpc) is 2.16. The number of nitrogens with zero attached hydrogens (tertiary/aromatic N) is 1.